The first kappa shape index (κ1) is 20.5. The van der Waals surface area contributed by atoms with Gasteiger partial charge in [0.2, 0.25) is 5.91 Å². The third-order valence-corrected chi connectivity index (χ3v) is 5.41. The van der Waals surface area contributed by atoms with E-state index < -0.39 is 0 Å². The fourth-order valence-corrected chi connectivity index (χ4v) is 3.54. The predicted octanol–water partition coefficient (Wildman–Crippen LogP) is 5.63. The normalized spacial score (nSPS) is 11.0. The van der Waals surface area contributed by atoms with Crippen molar-refractivity contribution in [1.82, 2.24) is 14.8 Å². The summed E-state index contributed by atoms with van der Waals surface area (Å²) in [6.45, 7) is 0. The molecule has 0 unspecified atom stereocenters. The van der Waals surface area contributed by atoms with Gasteiger partial charge >= 0.3 is 0 Å². The molecule has 7 nitrogen and oxygen atoms in total. The summed E-state index contributed by atoms with van der Waals surface area (Å²) in [5.74, 6) is 0.882. The van der Waals surface area contributed by atoms with Crippen molar-refractivity contribution in [1.29, 1.82) is 0 Å². The number of anilines is 1. The van der Waals surface area contributed by atoms with Gasteiger partial charge in [0, 0.05) is 18.3 Å². The molecule has 31 heavy (non-hydrogen) atoms. The Bertz CT molecular complexity index is 1170. The maximum Gasteiger partial charge on any atom is 0.234 e. The van der Waals surface area contributed by atoms with Crippen molar-refractivity contribution in [3.05, 3.63) is 84.9 Å². The second-order valence-electron chi connectivity index (χ2n) is 6.65. The molecule has 8 heteroatoms. The molecule has 0 fully saturated rings. The molecule has 4 rings (SSSR count). The number of nitrogens with one attached hydrogen (secondary N) is 1. The number of benzene rings is 3. The van der Waals surface area contributed by atoms with Crippen LogP contribution in [0.25, 0.3) is 11.4 Å². The van der Waals surface area contributed by atoms with Crippen molar-refractivity contribution in [2.45, 2.75) is 5.16 Å². The van der Waals surface area contributed by atoms with E-state index in [2.05, 4.69) is 25.7 Å². The van der Waals surface area contributed by atoms with Crippen LogP contribution in [0.3, 0.4) is 0 Å². The Kier molecular flexibility index (Phi) is 6.49. The van der Waals surface area contributed by atoms with Gasteiger partial charge < -0.3 is 9.88 Å². The van der Waals surface area contributed by atoms with E-state index in [0.717, 1.165) is 17.1 Å². The van der Waals surface area contributed by atoms with Crippen LogP contribution in [0.4, 0.5) is 17.1 Å². The van der Waals surface area contributed by atoms with E-state index >= 15 is 0 Å². The van der Waals surface area contributed by atoms with Crippen molar-refractivity contribution in [2.75, 3.05) is 11.1 Å². The number of hydrogen-bond donors (Lipinski definition) is 1. The lowest BCUT2D eigenvalue weighted by molar-refractivity contribution is -0.113. The highest BCUT2D eigenvalue weighted by Crippen LogP contribution is 2.23. The van der Waals surface area contributed by atoms with Crippen molar-refractivity contribution in [3.8, 4) is 11.4 Å². The molecule has 1 aromatic heterocycles. The SMILES string of the molecule is Cn1c(SCC(=O)Nc2ccc(N=Nc3ccccc3)cc2)nnc1-c1ccccc1. The lowest BCUT2D eigenvalue weighted by Gasteiger charge is -2.06. The Labute approximate surface area is 184 Å². The van der Waals surface area contributed by atoms with E-state index in [9.17, 15) is 4.79 Å². The first-order valence-corrected chi connectivity index (χ1v) is 10.6. The summed E-state index contributed by atoms with van der Waals surface area (Å²) < 4.78 is 1.89. The number of rotatable bonds is 7. The van der Waals surface area contributed by atoms with Crippen LogP contribution >= 0.6 is 11.8 Å². The number of carbonyl (C=O) groups excluding carboxylic acids is 1. The summed E-state index contributed by atoms with van der Waals surface area (Å²) in [5.41, 5.74) is 3.19. The summed E-state index contributed by atoms with van der Waals surface area (Å²) in [6, 6.07) is 26.6. The number of amides is 1. The minimum absolute atomic E-state index is 0.118. The highest BCUT2D eigenvalue weighted by Gasteiger charge is 2.12. The van der Waals surface area contributed by atoms with E-state index in [4.69, 9.17) is 0 Å². The minimum atomic E-state index is -0.118. The summed E-state index contributed by atoms with van der Waals surface area (Å²) in [7, 11) is 1.89. The molecule has 0 aliphatic heterocycles. The van der Waals surface area contributed by atoms with Crippen molar-refractivity contribution in [2.24, 2.45) is 17.3 Å². The minimum Gasteiger partial charge on any atom is -0.325 e. The quantitative estimate of drug-likeness (QED) is 0.305. The second-order valence-corrected chi connectivity index (χ2v) is 7.59. The summed E-state index contributed by atoms with van der Waals surface area (Å²) in [4.78, 5) is 12.3. The first-order chi connectivity index (χ1) is 15.2. The van der Waals surface area contributed by atoms with Gasteiger partial charge in [-0.3, -0.25) is 4.79 Å². The van der Waals surface area contributed by atoms with Crippen LogP contribution in [0.5, 0.6) is 0 Å². The molecule has 0 spiro atoms. The molecule has 0 aliphatic rings. The van der Waals surface area contributed by atoms with Gasteiger partial charge in [-0.15, -0.1) is 10.2 Å². The third-order valence-electron chi connectivity index (χ3n) is 4.39. The molecule has 154 valence electrons. The molecule has 1 heterocycles. The maximum absolute atomic E-state index is 12.3. The molecule has 0 saturated carbocycles. The van der Waals surface area contributed by atoms with Crippen LogP contribution in [-0.4, -0.2) is 26.4 Å². The average Bonchev–Trinajstić information content (AvgIpc) is 3.19. The van der Waals surface area contributed by atoms with Crippen LogP contribution in [0.1, 0.15) is 0 Å². The van der Waals surface area contributed by atoms with Gasteiger partial charge in [-0.05, 0) is 36.4 Å². The van der Waals surface area contributed by atoms with Gasteiger partial charge in [0.25, 0.3) is 0 Å². The molecule has 0 radical (unpaired) electrons. The van der Waals surface area contributed by atoms with Gasteiger partial charge in [0.1, 0.15) is 0 Å². The Balaban J connectivity index is 1.31. The fraction of sp³-hybridized carbons (Fsp3) is 0.0870. The number of nitrogens with zero attached hydrogens (tertiary/aromatic N) is 5. The zero-order valence-electron chi connectivity index (χ0n) is 16.8. The Hall–Kier alpha value is -3.78. The van der Waals surface area contributed by atoms with Crippen LogP contribution in [0.2, 0.25) is 0 Å². The van der Waals surface area contributed by atoms with Gasteiger partial charge in [-0.1, -0.05) is 60.3 Å². The number of hydrogen-bond acceptors (Lipinski definition) is 6. The Morgan fingerprint density at radius 3 is 2.16 bits per heavy atom. The van der Waals surface area contributed by atoms with Gasteiger partial charge in [0.05, 0.1) is 17.1 Å². The third kappa shape index (κ3) is 5.43. The van der Waals surface area contributed by atoms with E-state index in [1.807, 2.05) is 84.4 Å². The van der Waals surface area contributed by atoms with Crippen molar-refractivity contribution < 1.29 is 4.79 Å². The average molecular weight is 429 g/mol. The Morgan fingerprint density at radius 2 is 1.48 bits per heavy atom. The molecule has 0 bridgehead atoms. The van der Waals surface area contributed by atoms with Crippen molar-refractivity contribution in [3.63, 3.8) is 0 Å². The molecule has 0 aliphatic carbocycles. The zero-order valence-corrected chi connectivity index (χ0v) is 17.7. The lowest BCUT2D eigenvalue weighted by atomic mass is 10.2. The fourth-order valence-electron chi connectivity index (χ4n) is 2.83. The summed E-state index contributed by atoms with van der Waals surface area (Å²) in [6.07, 6.45) is 0. The summed E-state index contributed by atoms with van der Waals surface area (Å²) in [5, 5.41) is 20.4. The van der Waals surface area contributed by atoms with Gasteiger partial charge in [-0.25, -0.2) is 0 Å². The number of aromatic nitrogens is 3. The topological polar surface area (TPSA) is 84.5 Å². The van der Waals surface area contributed by atoms with E-state index in [0.29, 0.717) is 16.5 Å². The molecule has 0 saturated heterocycles. The van der Waals surface area contributed by atoms with E-state index in [1.54, 1.807) is 12.1 Å². The van der Waals surface area contributed by atoms with Crippen LogP contribution in [0, 0.1) is 0 Å². The Morgan fingerprint density at radius 1 is 0.871 bits per heavy atom. The molecule has 3 aromatic carbocycles. The number of azo groups is 1. The predicted molar refractivity (Wildman–Crippen MR) is 123 cm³/mol. The van der Waals surface area contributed by atoms with Gasteiger partial charge in [-0.2, -0.15) is 10.2 Å². The number of carbonyl (C=O) groups is 1. The van der Waals surface area contributed by atoms with Crippen LogP contribution < -0.4 is 5.32 Å². The molecule has 1 amide bonds. The molecular weight excluding hydrogens is 408 g/mol. The van der Waals surface area contributed by atoms with Crippen molar-refractivity contribution >= 4 is 34.7 Å². The lowest BCUT2D eigenvalue weighted by Crippen LogP contribution is -2.14. The molecular formula is C23H20N6OS. The summed E-state index contributed by atoms with van der Waals surface area (Å²) >= 11 is 1.34. The largest absolute Gasteiger partial charge is 0.325 e. The number of thioether (sulfide) groups is 1. The standard InChI is InChI=1S/C23H20N6OS/c1-29-22(17-8-4-2-5-9-17)27-28-23(29)31-16-21(30)24-18-12-14-20(15-13-18)26-25-19-10-6-3-7-11-19/h2-15H,16H2,1H3,(H,24,30). The van der Waals surface area contributed by atoms with Gasteiger partial charge in [0.15, 0.2) is 11.0 Å². The monoisotopic (exact) mass is 428 g/mol. The van der Waals surface area contributed by atoms with E-state index in [-0.39, 0.29) is 11.7 Å². The smallest absolute Gasteiger partial charge is 0.234 e. The molecule has 4 aromatic rings. The molecule has 1 N–H and O–H groups in total. The van der Waals surface area contributed by atoms with E-state index in [1.165, 1.54) is 11.8 Å². The molecule has 0 atom stereocenters. The highest BCUT2D eigenvalue weighted by atomic mass is 32.2. The maximum atomic E-state index is 12.3. The highest BCUT2D eigenvalue weighted by molar-refractivity contribution is 7.99. The first-order valence-electron chi connectivity index (χ1n) is 9.63. The van der Waals surface area contributed by atoms with Crippen LogP contribution in [0.15, 0.2) is 100 Å². The zero-order chi connectivity index (χ0) is 21.5. The second kappa shape index (κ2) is 9.82. The van der Waals surface area contributed by atoms with Crippen LogP contribution in [-0.2, 0) is 11.8 Å².